The average molecular weight is 600 g/mol. The quantitative estimate of drug-likeness (QED) is 0.277. The smallest absolute Gasteiger partial charge is 0.264 e. The van der Waals surface area contributed by atoms with Gasteiger partial charge in [-0.25, -0.2) is 8.42 Å². The minimum Gasteiger partial charge on any atom is -0.497 e. The number of methoxy groups -OCH3 is 1. The largest absolute Gasteiger partial charge is 0.497 e. The van der Waals surface area contributed by atoms with Crippen LogP contribution in [0.4, 0.5) is 5.69 Å². The third kappa shape index (κ3) is 8.01. The standard InChI is InChI=1S/C31H38ClN3O5S/c1-6-23(4)33-31(37)28(7-2)34(20-24-14-17-26(40-5)18-15-24)30(36)21-35(29-19-25(32)16-13-22(29)3)41(38,39)27-11-9-8-10-12-27/h8-19,23,28H,6-7,20-21H2,1-5H3,(H,33,37)/t23-,28-/m0/s1. The number of nitrogens with one attached hydrogen (secondary N) is 1. The number of nitrogens with zero attached hydrogens (tertiary/aromatic N) is 2. The van der Waals surface area contributed by atoms with Gasteiger partial charge in [0.25, 0.3) is 10.0 Å². The summed E-state index contributed by atoms with van der Waals surface area (Å²) in [5.41, 5.74) is 1.69. The van der Waals surface area contributed by atoms with E-state index >= 15 is 0 Å². The number of benzene rings is 3. The molecule has 0 aromatic heterocycles. The van der Waals surface area contributed by atoms with Crippen LogP contribution in [0.15, 0.2) is 77.7 Å². The van der Waals surface area contributed by atoms with E-state index in [0.717, 1.165) is 16.3 Å². The van der Waals surface area contributed by atoms with Crippen molar-refractivity contribution < 1.29 is 22.7 Å². The number of rotatable bonds is 13. The predicted molar refractivity (Wildman–Crippen MR) is 163 cm³/mol. The number of carbonyl (C=O) groups is 2. The first kappa shape index (κ1) is 32.0. The van der Waals surface area contributed by atoms with Gasteiger partial charge in [0.1, 0.15) is 18.3 Å². The van der Waals surface area contributed by atoms with Gasteiger partial charge in [0.2, 0.25) is 11.8 Å². The van der Waals surface area contributed by atoms with Crippen LogP contribution in [0.25, 0.3) is 0 Å². The van der Waals surface area contributed by atoms with E-state index in [1.165, 1.54) is 23.1 Å². The Kier molecular flexibility index (Phi) is 11.2. The van der Waals surface area contributed by atoms with E-state index in [-0.39, 0.29) is 29.1 Å². The summed E-state index contributed by atoms with van der Waals surface area (Å²) in [6, 6.07) is 19.1. The van der Waals surface area contributed by atoms with E-state index in [1.807, 2.05) is 32.9 Å². The number of aryl methyl sites for hydroxylation is 1. The number of ether oxygens (including phenoxy) is 1. The van der Waals surface area contributed by atoms with Gasteiger partial charge in [0.15, 0.2) is 0 Å². The minimum absolute atomic E-state index is 0.0374. The van der Waals surface area contributed by atoms with Gasteiger partial charge >= 0.3 is 0 Å². The fourth-order valence-electron chi connectivity index (χ4n) is 4.37. The number of sulfonamides is 1. The van der Waals surface area contributed by atoms with Crippen LogP contribution in [-0.4, -0.2) is 50.9 Å². The van der Waals surface area contributed by atoms with Gasteiger partial charge in [-0.15, -0.1) is 0 Å². The van der Waals surface area contributed by atoms with Crippen LogP contribution in [0, 0.1) is 6.92 Å². The van der Waals surface area contributed by atoms with Crippen molar-refractivity contribution in [2.45, 2.75) is 64.1 Å². The third-order valence-electron chi connectivity index (χ3n) is 6.95. The van der Waals surface area contributed by atoms with Crippen molar-refractivity contribution in [3.63, 3.8) is 0 Å². The third-order valence-corrected chi connectivity index (χ3v) is 8.96. The van der Waals surface area contributed by atoms with Crippen molar-refractivity contribution in [2.24, 2.45) is 0 Å². The highest BCUT2D eigenvalue weighted by Crippen LogP contribution is 2.30. The second-order valence-electron chi connectivity index (χ2n) is 9.87. The Labute approximate surface area is 248 Å². The molecule has 3 rings (SSSR count). The van der Waals surface area contributed by atoms with E-state index in [1.54, 1.807) is 56.5 Å². The van der Waals surface area contributed by atoms with Crippen molar-refractivity contribution in [3.05, 3.63) is 88.9 Å². The number of halogens is 1. The lowest BCUT2D eigenvalue weighted by Crippen LogP contribution is -2.53. The van der Waals surface area contributed by atoms with Crippen molar-refractivity contribution in [1.29, 1.82) is 0 Å². The van der Waals surface area contributed by atoms with E-state index in [0.29, 0.717) is 22.8 Å². The Morgan fingerprint density at radius 2 is 1.63 bits per heavy atom. The molecule has 1 N–H and O–H groups in total. The molecule has 0 unspecified atom stereocenters. The topological polar surface area (TPSA) is 96.0 Å². The zero-order valence-corrected chi connectivity index (χ0v) is 25.7. The number of anilines is 1. The lowest BCUT2D eigenvalue weighted by molar-refractivity contribution is -0.140. The summed E-state index contributed by atoms with van der Waals surface area (Å²) >= 11 is 6.28. The zero-order chi connectivity index (χ0) is 30.2. The highest BCUT2D eigenvalue weighted by atomic mass is 35.5. The van der Waals surface area contributed by atoms with Crippen molar-refractivity contribution in [1.82, 2.24) is 10.2 Å². The molecule has 0 saturated carbocycles. The van der Waals surface area contributed by atoms with E-state index in [4.69, 9.17) is 16.3 Å². The number of carbonyl (C=O) groups excluding carboxylic acids is 2. The molecule has 0 heterocycles. The van der Waals surface area contributed by atoms with Gasteiger partial charge in [-0.2, -0.15) is 0 Å². The normalized spacial score (nSPS) is 12.7. The summed E-state index contributed by atoms with van der Waals surface area (Å²) in [6.07, 6.45) is 1.07. The summed E-state index contributed by atoms with van der Waals surface area (Å²) in [4.78, 5) is 29.0. The molecule has 0 aliphatic carbocycles. The molecule has 3 aromatic rings. The molecule has 0 saturated heterocycles. The van der Waals surface area contributed by atoms with E-state index < -0.39 is 28.5 Å². The van der Waals surface area contributed by atoms with Crippen LogP contribution < -0.4 is 14.4 Å². The van der Waals surface area contributed by atoms with E-state index in [2.05, 4.69) is 5.32 Å². The second kappa shape index (κ2) is 14.4. The van der Waals surface area contributed by atoms with Crippen LogP contribution in [-0.2, 0) is 26.2 Å². The molecule has 2 atom stereocenters. The molecular formula is C31H38ClN3O5S. The SMILES string of the molecule is CC[C@H](C)NC(=O)[C@H](CC)N(Cc1ccc(OC)cc1)C(=O)CN(c1cc(Cl)ccc1C)S(=O)(=O)c1ccccc1. The Balaban J connectivity index is 2.08. The summed E-state index contributed by atoms with van der Waals surface area (Å²) in [5, 5.41) is 3.31. The van der Waals surface area contributed by atoms with Crippen LogP contribution in [0.3, 0.4) is 0 Å². The molecular weight excluding hydrogens is 562 g/mol. The first-order valence-corrected chi connectivity index (χ1v) is 15.4. The Hall–Kier alpha value is -3.56. The van der Waals surface area contributed by atoms with Crippen LogP contribution in [0.1, 0.15) is 44.7 Å². The molecule has 220 valence electrons. The fourth-order valence-corrected chi connectivity index (χ4v) is 6.03. The molecule has 0 fully saturated rings. The summed E-state index contributed by atoms with van der Waals surface area (Å²) in [7, 11) is -2.60. The Morgan fingerprint density at radius 1 is 0.976 bits per heavy atom. The monoisotopic (exact) mass is 599 g/mol. The number of hydrogen-bond donors (Lipinski definition) is 1. The van der Waals surface area contributed by atoms with Crippen molar-refractivity contribution in [2.75, 3.05) is 18.0 Å². The lowest BCUT2D eigenvalue weighted by Gasteiger charge is -2.34. The maximum absolute atomic E-state index is 14.2. The van der Waals surface area contributed by atoms with Crippen molar-refractivity contribution >= 4 is 39.1 Å². The van der Waals surface area contributed by atoms with Gasteiger partial charge in [-0.05, 0) is 74.2 Å². The molecule has 0 aliphatic rings. The highest BCUT2D eigenvalue weighted by molar-refractivity contribution is 7.92. The fraction of sp³-hybridized carbons (Fsp3) is 0.355. The first-order valence-electron chi connectivity index (χ1n) is 13.6. The summed E-state index contributed by atoms with van der Waals surface area (Å²) in [6.45, 7) is 7.02. The molecule has 10 heteroatoms. The van der Waals surface area contributed by atoms with Gasteiger partial charge in [-0.3, -0.25) is 13.9 Å². The predicted octanol–water partition coefficient (Wildman–Crippen LogP) is 5.57. The Morgan fingerprint density at radius 3 is 2.22 bits per heavy atom. The van der Waals surface area contributed by atoms with Gasteiger partial charge in [-0.1, -0.05) is 61.8 Å². The maximum atomic E-state index is 14.2. The first-order chi connectivity index (χ1) is 19.5. The van der Waals surface area contributed by atoms with Crippen molar-refractivity contribution in [3.8, 4) is 5.75 Å². The Bertz CT molecular complexity index is 1430. The van der Waals surface area contributed by atoms with Crippen LogP contribution >= 0.6 is 11.6 Å². The maximum Gasteiger partial charge on any atom is 0.264 e. The van der Waals surface area contributed by atoms with E-state index in [9.17, 15) is 18.0 Å². The number of amides is 2. The van der Waals surface area contributed by atoms with Gasteiger partial charge < -0.3 is 15.0 Å². The number of hydrogen-bond acceptors (Lipinski definition) is 5. The molecule has 0 bridgehead atoms. The molecule has 41 heavy (non-hydrogen) atoms. The molecule has 0 spiro atoms. The van der Waals surface area contributed by atoms with Gasteiger partial charge in [0, 0.05) is 17.6 Å². The highest BCUT2D eigenvalue weighted by Gasteiger charge is 2.34. The van der Waals surface area contributed by atoms with Gasteiger partial charge in [0.05, 0.1) is 17.7 Å². The minimum atomic E-state index is -4.17. The molecule has 0 radical (unpaired) electrons. The molecule has 8 nitrogen and oxygen atoms in total. The summed E-state index contributed by atoms with van der Waals surface area (Å²) < 4.78 is 34.3. The molecule has 0 aliphatic heterocycles. The van der Waals surface area contributed by atoms with Crippen LogP contribution in [0.5, 0.6) is 5.75 Å². The summed E-state index contributed by atoms with van der Waals surface area (Å²) in [5.74, 6) is -0.157. The van der Waals surface area contributed by atoms with Crippen LogP contribution in [0.2, 0.25) is 5.02 Å². The lowest BCUT2D eigenvalue weighted by atomic mass is 10.1. The zero-order valence-electron chi connectivity index (χ0n) is 24.1. The second-order valence-corrected chi connectivity index (χ2v) is 12.2. The molecule has 2 amide bonds. The molecule has 3 aromatic carbocycles. The average Bonchev–Trinajstić information content (AvgIpc) is 2.97.